The van der Waals surface area contributed by atoms with Gasteiger partial charge in [0.25, 0.3) is 0 Å². The number of likely N-dealkylation sites (tertiary alicyclic amines) is 1. The van der Waals surface area contributed by atoms with Gasteiger partial charge in [0.05, 0.1) is 12.1 Å². The molecule has 1 aromatic rings. The van der Waals surface area contributed by atoms with Crippen LogP contribution < -0.4 is 5.73 Å². The lowest BCUT2D eigenvalue weighted by molar-refractivity contribution is 0.102. The Bertz CT molecular complexity index is 411. The normalized spacial score (nSPS) is 22.9. The second kappa shape index (κ2) is 5.92. The first-order valence-corrected chi connectivity index (χ1v) is 7.84. The smallest absolute Gasteiger partial charge is 0.0710 e. The number of methoxy groups -OCH3 is 1. The molecule has 0 bridgehead atoms. The van der Waals surface area contributed by atoms with Gasteiger partial charge in [0.1, 0.15) is 0 Å². The fraction of sp³-hybridized carbons (Fsp3) is 0.733. The Balaban J connectivity index is 2.12. The molecule has 3 nitrogen and oxygen atoms in total. The molecule has 2 unspecified atom stereocenters. The van der Waals surface area contributed by atoms with Crippen molar-refractivity contribution in [3.8, 4) is 0 Å². The Morgan fingerprint density at radius 1 is 1.47 bits per heavy atom. The van der Waals surface area contributed by atoms with E-state index in [0.29, 0.717) is 18.7 Å². The first kappa shape index (κ1) is 15.0. The zero-order chi connectivity index (χ0) is 14.0. The molecule has 0 radical (unpaired) electrons. The van der Waals surface area contributed by atoms with Crippen molar-refractivity contribution in [1.29, 1.82) is 0 Å². The zero-order valence-electron chi connectivity index (χ0n) is 12.5. The Morgan fingerprint density at radius 2 is 2.21 bits per heavy atom. The van der Waals surface area contributed by atoms with E-state index < -0.39 is 0 Å². The van der Waals surface area contributed by atoms with E-state index in [4.69, 9.17) is 10.5 Å². The molecule has 19 heavy (non-hydrogen) atoms. The average molecular weight is 282 g/mol. The van der Waals surface area contributed by atoms with Crippen LogP contribution in [-0.2, 0) is 10.2 Å². The first-order valence-electron chi connectivity index (χ1n) is 7.03. The third-order valence-corrected chi connectivity index (χ3v) is 5.48. The summed E-state index contributed by atoms with van der Waals surface area (Å²) < 4.78 is 5.45. The second-order valence-electron chi connectivity index (χ2n) is 6.34. The molecule has 0 aromatic carbocycles. The molecule has 2 rings (SSSR count). The van der Waals surface area contributed by atoms with Crippen LogP contribution in [0.4, 0.5) is 0 Å². The van der Waals surface area contributed by atoms with Gasteiger partial charge in [0, 0.05) is 36.5 Å². The number of rotatable bonds is 4. The molecule has 0 saturated carbocycles. The molecule has 2 heterocycles. The molecule has 4 heteroatoms. The predicted octanol–water partition coefficient (Wildman–Crippen LogP) is 2.77. The largest absolute Gasteiger partial charge is 0.380 e. The van der Waals surface area contributed by atoms with Gasteiger partial charge < -0.3 is 10.5 Å². The van der Waals surface area contributed by atoms with E-state index in [2.05, 4.69) is 37.8 Å². The standard InChI is InChI=1S/C15H26N2OS/c1-15(2,3)14-6-5-13(19-14)12(9-16)17-8-7-11(10-17)18-4/h5-6,11-12H,7-10,16H2,1-4H3. The summed E-state index contributed by atoms with van der Waals surface area (Å²) in [5, 5.41) is 0. The zero-order valence-corrected chi connectivity index (χ0v) is 13.3. The second-order valence-corrected chi connectivity index (χ2v) is 7.46. The van der Waals surface area contributed by atoms with E-state index >= 15 is 0 Å². The summed E-state index contributed by atoms with van der Waals surface area (Å²) >= 11 is 1.91. The predicted molar refractivity (Wildman–Crippen MR) is 81.8 cm³/mol. The fourth-order valence-electron chi connectivity index (χ4n) is 2.61. The van der Waals surface area contributed by atoms with Gasteiger partial charge in [-0.05, 0) is 24.0 Å². The van der Waals surface area contributed by atoms with Crippen molar-refractivity contribution < 1.29 is 4.74 Å². The van der Waals surface area contributed by atoms with Gasteiger partial charge in [0.15, 0.2) is 0 Å². The van der Waals surface area contributed by atoms with Crippen LogP contribution in [0.3, 0.4) is 0 Å². The van der Waals surface area contributed by atoms with E-state index in [1.54, 1.807) is 7.11 Å². The highest BCUT2D eigenvalue weighted by atomic mass is 32.1. The number of nitrogens with zero attached hydrogens (tertiary/aromatic N) is 1. The summed E-state index contributed by atoms with van der Waals surface area (Å²) in [5.41, 5.74) is 6.24. The summed E-state index contributed by atoms with van der Waals surface area (Å²) in [6, 6.07) is 4.86. The minimum absolute atomic E-state index is 0.224. The number of hydrogen-bond donors (Lipinski definition) is 1. The highest BCUT2D eigenvalue weighted by molar-refractivity contribution is 7.12. The fourth-order valence-corrected chi connectivity index (χ4v) is 3.82. The monoisotopic (exact) mass is 282 g/mol. The first-order chi connectivity index (χ1) is 8.95. The van der Waals surface area contributed by atoms with Crippen LogP contribution in [0.25, 0.3) is 0 Å². The summed E-state index contributed by atoms with van der Waals surface area (Å²) in [6.45, 7) is 9.55. The molecule has 0 amide bonds. The lowest BCUT2D eigenvalue weighted by Gasteiger charge is -2.25. The van der Waals surface area contributed by atoms with Gasteiger partial charge >= 0.3 is 0 Å². The third-order valence-electron chi connectivity index (χ3n) is 3.87. The maximum atomic E-state index is 6.01. The molecule has 108 valence electrons. The van der Waals surface area contributed by atoms with Crippen molar-refractivity contribution in [2.75, 3.05) is 26.7 Å². The summed E-state index contributed by atoms with van der Waals surface area (Å²) in [7, 11) is 1.80. The molecule has 2 atom stereocenters. The van der Waals surface area contributed by atoms with Crippen LogP contribution in [0.15, 0.2) is 12.1 Å². The van der Waals surface area contributed by atoms with Crippen molar-refractivity contribution in [2.45, 2.75) is 44.8 Å². The van der Waals surface area contributed by atoms with Crippen LogP contribution >= 0.6 is 11.3 Å². The maximum Gasteiger partial charge on any atom is 0.0710 e. The minimum atomic E-state index is 0.224. The molecule has 0 aliphatic carbocycles. The highest BCUT2D eigenvalue weighted by Crippen LogP contribution is 2.35. The van der Waals surface area contributed by atoms with Crippen LogP contribution in [-0.4, -0.2) is 37.7 Å². The van der Waals surface area contributed by atoms with Gasteiger partial charge in [-0.1, -0.05) is 20.8 Å². The molecule has 1 saturated heterocycles. The Kier molecular flexibility index (Phi) is 4.66. The maximum absolute atomic E-state index is 6.01. The van der Waals surface area contributed by atoms with Crippen LogP contribution in [0.5, 0.6) is 0 Å². The lowest BCUT2D eigenvalue weighted by atomic mass is 9.95. The van der Waals surface area contributed by atoms with E-state index in [9.17, 15) is 0 Å². The van der Waals surface area contributed by atoms with E-state index in [1.807, 2.05) is 11.3 Å². The van der Waals surface area contributed by atoms with Crippen molar-refractivity contribution in [1.82, 2.24) is 4.90 Å². The third kappa shape index (κ3) is 3.37. The molecule has 2 N–H and O–H groups in total. The number of hydrogen-bond acceptors (Lipinski definition) is 4. The van der Waals surface area contributed by atoms with E-state index in [0.717, 1.165) is 19.5 Å². The molecule has 0 spiro atoms. The SMILES string of the molecule is COC1CCN(C(CN)c2ccc(C(C)(C)C)s2)C1. The topological polar surface area (TPSA) is 38.5 Å². The van der Waals surface area contributed by atoms with Gasteiger partial charge in [-0.2, -0.15) is 0 Å². The average Bonchev–Trinajstić information content (AvgIpc) is 2.98. The molecule has 1 aliphatic heterocycles. The minimum Gasteiger partial charge on any atom is -0.380 e. The van der Waals surface area contributed by atoms with Crippen molar-refractivity contribution >= 4 is 11.3 Å². The van der Waals surface area contributed by atoms with Gasteiger partial charge in [-0.25, -0.2) is 0 Å². The lowest BCUT2D eigenvalue weighted by Crippen LogP contribution is -2.32. The quantitative estimate of drug-likeness (QED) is 0.923. The Labute approximate surface area is 120 Å². The van der Waals surface area contributed by atoms with Crippen molar-refractivity contribution in [3.05, 3.63) is 21.9 Å². The molecular weight excluding hydrogens is 256 g/mol. The summed E-state index contributed by atoms with van der Waals surface area (Å²) in [5.74, 6) is 0. The van der Waals surface area contributed by atoms with Crippen molar-refractivity contribution in [3.63, 3.8) is 0 Å². The number of ether oxygens (including phenoxy) is 1. The number of thiophene rings is 1. The summed E-state index contributed by atoms with van der Waals surface area (Å²) in [4.78, 5) is 5.29. The molecule has 1 fully saturated rings. The van der Waals surface area contributed by atoms with Crippen LogP contribution in [0.2, 0.25) is 0 Å². The number of nitrogens with two attached hydrogens (primary N) is 1. The molecular formula is C15H26N2OS. The van der Waals surface area contributed by atoms with Crippen LogP contribution in [0.1, 0.15) is 43.0 Å². The Morgan fingerprint density at radius 3 is 2.68 bits per heavy atom. The van der Waals surface area contributed by atoms with E-state index in [-0.39, 0.29) is 5.41 Å². The van der Waals surface area contributed by atoms with Gasteiger partial charge in [-0.3, -0.25) is 4.90 Å². The Hall–Kier alpha value is -0.420. The van der Waals surface area contributed by atoms with Gasteiger partial charge in [-0.15, -0.1) is 11.3 Å². The molecule has 1 aliphatic rings. The molecule has 1 aromatic heterocycles. The highest BCUT2D eigenvalue weighted by Gasteiger charge is 2.29. The van der Waals surface area contributed by atoms with E-state index in [1.165, 1.54) is 9.75 Å². The van der Waals surface area contributed by atoms with Crippen molar-refractivity contribution in [2.24, 2.45) is 5.73 Å². The summed E-state index contributed by atoms with van der Waals surface area (Å²) in [6.07, 6.45) is 1.49. The van der Waals surface area contributed by atoms with Crippen LogP contribution in [0, 0.1) is 0 Å². The van der Waals surface area contributed by atoms with Gasteiger partial charge in [0.2, 0.25) is 0 Å².